The average molecular weight is 379 g/mol. The molecule has 1 aromatic heterocycles. The minimum atomic E-state index is -0.253. The van der Waals surface area contributed by atoms with E-state index in [0.29, 0.717) is 25.2 Å². The summed E-state index contributed by atoms with van der Waals surface area (Å²) in [5, 5.41) is 4.44. The number of benzene rings is 2. The summed E-state index contributed by atoms with van der Waals surface area (Å²) in [6.07, 6.45) is 1.82. The maximum atomic E-state index is 13.1. The van der Waals surface area contributed by atoms with Crippen molar-refractivity contribution < 1.29 is 13.9 Å². The molecule has 0 unspecified atom stereocenters. The Kier molecular flexibility index (Phi) is 4.63. The predicted octanol–water partition coefficient (Wildman–Crippen LogP) is 3.85. The van der Waals surface area contributed by atoms with Crippen LogP contribution in [-0.4, -0.2) is 27.7 Å². The van der Waals surface area contributed by atoms with E-state index in [-0.39, 0.29) is 11.7 Å². The van der Waals surface area contributed by atoms with E-state index in [0.717, 1.165) is 33.7 Å². The van der Waals surface area contributed by atoms with E-state index >= 15 is 0 Å². The zero-order valence-corrected chi connectivity index (χ0v) is 16.2. The molecule has 0 atom stereocenters. The zero-order valence-electron chi connectivity index (χ0n) is 16.2. The number of carbonyl (C=O) groups is 1. The lowest BCUT2D eigenvalue weighted by molar-refractivity contribution is 0.0748. The van der Waals surface area contributed by atoms with E-state index in [1.54, 1.807) is 19.2 Å². The van der Waals surface area contributed by atoms with Crippen LogP contribution in [0.25, 0.3) is 0 Å². The summed E-state index contributed by atoms with van der Waals surface area (Å²) in [5.74, 6) is 0.561. The molecule has 0 saturated heterocycles. The number of carbonyl (C=O) groups excluding carboxylic acids is 1. The Labute approximate surface area is 163 Å². The molecule has 2 aromatic carbocycles. The van der Waals surface area contributed by atoms with Crippen molar-refractivity contribution in [2.75, 3.05) is 7.11 Å². The van der Waals surface area contributed by atoms with E-state index in [1.807, 2.05) is 41.8 Å². The van der Waals surface area contributed by atoms with Gasteiger partial charge in [-0.05, 0) is 54.8 Å². The SMILES string of the molecule is COc1c(C)cc(C(=O)N2Cc3cnn(Cc4ccc(F)cc4)c3C2)cc1C. The molecule has 2 heterocycles. The van der Waals surface area contributed by atoms with Gasteiger partial charge in [-0.1, -0.05) is 12.1 Å². The molecule has 144 valence electrons. The number of hydrogen-bond donors (Lipinski definition) is 0. The molecule has 0 saturated carbocycles. The minimum Gasteiger partial charge on any atom is -0.496 e. The number of ether oxygens (including phenoxy) is 1. The molecule has 1 aliphatic heterocycles. The molecular weight excluding hydrogens is 357 g/mol. The number of halogens is 1. The number of aryl methyl sites for hydroxylation is 2. The highest BCUT2D eigenvalue weighted by atomic mass is 19.1. The Bertz CT molecular complexity index is 1020. The first-order chi connectivity index (χ1) is 13.5. The molecule has 0 spiro atoms. The van der Waals surface area contributed by atoms with Gasteiger partial charge in [-0.25, -0.2) is 4.39 Å². The predicted molar refractivity (Wildman–Crippen MR) is 104 cm³/mol. The summed E-state index contributed by atoms with van der Waals surface area (Å²) in [6, 6.07) is 10.2. The zero-order chi connectivity index (χ0) is 19.8. The molecular formula is C22H22FN3O2. The summed E-state index contributed by atoms with van der Waals surface area (Å²) >= 11 is 0. The maximum Gasteiger partial charge on any atom is 0.254 e. The molecule has 5 nitrogen and oxygen atoms in total. The Morgan fingerprint density at radius 3 is 2.46 bits per heavy atom. The van der Waals surface area contributed by atoms with Crippen molar-refractivity contribution in [1.29, 1.82) is 0 Å². The first kappa shape index (κ1) is 18.2. The molecule has 28 heavy (non-hydrogen) atoms. The number of fused-ring (bicyclic) bond motifs is 1. The van der Waals surface area contributed by atoms with Gasteiger partial charge in [0.2, 0.25) is 0 Å². The molecule has 3 aromatic rings. The fourth-order valence-electron chi connectivity index (χ4n) is 3.83. The molecule has 0 aliphatic carbocycles. The molecule has 1 amide bonds. The molecule has 0 fully saturated rings. The lowest BCUT2D eigenvalue weighted by Crippen LogP contribution is -2.26. The van der Waals surface area contributed by atoms with Gasteiger partial charge in [0, 0.05) is 17.7 Å². The number of aromatic nitrogens is 2. The minimum absolute atomic E-state index is 0.00150. The van der Waals surface area contributed by atoms with Gasteiger partial charge in [-0.2, -0.15) is 5.10 Å². The Balaban J connectivity index is 1.53. The van der Waals surface area contributed by atoms with Crippen LogP contribution in [0.1, 0.15) is 38.3 Å². The average Bonchev–Trinajstić information content (AvgIpc) is 3.24. The highest BCUT2D eigenvalue weighted by Gasteiger charge is 2.28. The summed E-state index contributed by atoms with van der Waals surface area (Å²) in [5.41, 5.74) is 5.62. The quantitative estimate of drug-likeness (QED) is 0.692. The molecule has 0 N–H and O–H groups in total. The largest absolute Gasteiger partial charge is 0.496 e. The van der Waals surface area contributed by atoms with E-state index in [9.17, 15) is 9.18 Å². The van der Waals surface area contributed by atoms with Crippen molar-refractivity contribution in [3.8, 4) is 5.75 Å². The second-order valence-electron chi connectivity index (χ2n) is 7.21. The van der Waals surface area contributed by atoms with E-state index in [1.165, 1.54) is 12.1 Å². The molecule has 0 radical (unpaired) electrons. The first-order valence-corrected chi connectivity index (χ1v) is 9.18. The fourth-order valence-corrected chi connectivity index (χ4v) is 3.83. The van der Waals surface area contributed by atoms with Crippen LogP contribution in [0.15, 0.2) is 42.6 Å². The van der Waals surface area contributed by atoms with Crippen molar-refractivity contribution in [3.63, 3.8) is 0 Å². The van der Waals surface area contributed by atoms with Crippen LogP contribution in [0, 0.1) is 19.7 Å². The third-order valence-electron chi connectivity index (χ3n) is 5.18. The van der Waals surface area contributed by atoms with Crippen molar-refractivity contribution in [2.24, 2.45) is 0 Å². The van der Waals surface area contributed by atoms with Gasteiger partial charge in [0.05, 0.1) is 32.1 Å². The van der Waals surface area contributed by atoms with Crippen molar-refractivity contribution >= 4 is 5.91 Å². The van der Waals surface area contributed by atoms with Crippen molar-refractivity contribution in [2.45, 2.75) is 33.5 Å². The molecule has 4 rings (SSSR count). The summed E-state index contributed by atoms with van der Waals surface area (Å²) < 4.78 is 20.4. The summed E-state index contributed by atoms with van der Waals surface area (Å²) in [6.45, 7) is 5.50. The Morgan fingerprint density at radius 2 is 1.82 bits per heavy atom. The number of amides is 1. The van der Waals surface area contributed by atoms with Crippen LogP contribution in [-0.2, 0) is 19.6 Å². The van der Waals surface area contributed by atoms with Crippen molar-refractivity contribution in [3.05, 3.63) is 81.9 Å². The third kappa shape index (κ3) is 3.26. The maximum absolute atomic E-state index is 13.1. The Hall–Kier alpha value is -3.15. The van der Waals surface area contributed by atoms with E-state index in [4.69, 9.17) is 4.74 Å². The van der Waals surface area contributed by atoms with Gasteiger partial charge in [0.25, 0.3) is 5.91 Å². The topological polar surface area (TPSA) is 47.4 Å². The number of methoxy groups -OCH3 is 1. The standard InChI is InChI=1S/C22H22FN3O2/c1-14-8-17(9-15(2)21(14)28-3)22(27)25-12-18-10-24-26(20(18)13-25)11-16-4-6-19(23)7-5-16/h4-10H,11-13H2,1-3H3. The van der Waals surface area contributed by atoms with Crippen LogP contribution in [0.2, 0.25) is 0 Å². The highest BCUT2D eigenvalue weighted by molar-refractivity contribution is 5.95. The van der Waals surface area contributed by atoms with E-state index < -0.39 is 0 Å². The van der Waals surface area contributed by atoms with E-state index in [2.05, 4.69) is 5.10 Å². The van der Waals surface area contributed by atoms with Crippen LogP contribution >= 0.6 is 0 Å². The molecule has 1 aliphatic rings. The van der Waals surface area contributed by atoms with Gasteiger partial charge in [0.15, 0.2) is 0 Å². The van der Waals surface area contributed by atoms with Crippen molar-refractivity contribution in [1.82, 2.24) is 14.7 Å². The number of nitrogens with zero attached hydrogens (tertiary/aromatic N) is 3. The van der Waals surface area contributed by atoms with Gasteiger partial charge < -0.3 is 9.64 Å². The van der Waals surface area contributed by atoms with Crippen LogP contribution in [0.3, 0.4) is 0 Å². The molecule has 0 bridgehead atoms. The smallest absolute Gasteiger partial charge is 0.254 e. The van der Waals surface area contributed by atoms with Gasteiger partial charge in [-0.3, -0.25) is 9.48 Å². The Morgan fingerprint density at radius 1 is 1.14 bits per heavy atom. The summed E-state index contributed by atoms with van der Waals surface area (Å²) in [7, 11) is 1.64. The van der Waals surface area contributed by atoms with Crippen LogP contribution in [0.4, 0.5) is 4.39 Å². The van der Waals surface area contributed by atoms with Crippen LogP contribution in [0.5, 0.6) is 5.75 Å². The van der Waals surface area contributed by atoms with Gasteiger partial charge >= 0.3 is 0 Å². The lowest BCUT2D eigenvalue weighted by Gasteiger charge is -2.18. The third-order valence-corrected chi connectivity index (χ3v) is 5.18. The number of rotatable bonds is 4. The monoisotopic (exact) mass is 379 g/mol. The van der Waals surface area contributed by atoms with Crippen LogP contribution < -0.4 is 4.74 Å². The molecule has 6 heteroatoms. The summed E-state index contributed by atoms with van der Waals surface area (Å²) in [4.78, 5) is 14.9. The van der Waals surface area contributed by atoms with Gasteiger partial charge in [0.1, 0.15) is 11.6 Å². The fraction of sp³-hybridized carbons (Fsp3) is 0.273. The lowest BCUT2D eigenvalue weighted by atomic mass is 10.0. The van der Waals surface area contributed by atoms with Gasteiger partial charge in [-0.15, -0.1) is 0 Å². The first-order valence-electron chi connectivity index (χ1n) is 9.18. The normalized spacial score (nSPS) is 12.9. The second kappa shape index (κ2) is 7.11. The second-order valence-corrected chi connectivity index (χ2v) is 7.21. The number of hydrogen-bond acceptors (Lipinski definition) is 3. The highest BCUT2D eigenvalue weighted by Crippen LogP contribution is 2.28.